The third-order valence-electron chi connectivity index (χ3n) is 0.623. The Labute approximate surface area is 36.3 Å². The molecule has 1 aliphatic heterocycles. The minimum absolute atomic E-state index is 1.24. The van der Waals surface area contributed by atoms with Crippen LogP contribution in [0.25, 0.3) is 0 Å². The highest BCUT2D eigenvalue weighted by atomic mass is 32.2. The van der Waals surface area contributed by atoms with Crippen molar-refractivity contribution < 1.29 is 0 Å². The van der Waals surface area contributed by atoms with Crippen LogP contribution in [-0.2, 0) is 0 Å². The van der Waals surface area contributed by atoms with E-state index in [0.717, 1.165) is 0 Å². The highest BCUT2D eigenvalue weighted by molar-refractivity contribution is 8.00. The van der Waals surface area contributed by atoms with E-state index in [1.165, 1.54) is 11.8 Å². The van der Waals surface area contributed by atoms with Crippen LogP contribution in [-0.4, -0.2) is 23.7 Å². The van der Waals surface area contributed by atoms with Crippen molar-refractivity contribution in [2.24, 2.45) is 0 Å². The molecule has 0 amide bonds. The van der Waals surface area contributed by atoms with Gasteiger partial charge in [-0.3, -0.25) is 4.90 Å². The van der Waals surface area contributed by atoms with Crippen molar-refractivity contribution in [1.29, 1.82) is 0 Å². The van der Waals surface area contributed by atoms with E-state index >= 15 is 0 Å². The first-order valence-corrected chi connectivity index (χ1v) is 2.81. The molecular formula is C3H7NS. The molecule has 1 nitrogen and oxygen atoms in total. The van der Waals surface area contributed by atoms with Gasteiger partial charge >= 0.3 is 0 Å². The van der Waals surface area contributed by atoms with Crippen molar-refractivity contribution in [3.63, 3.8) is 0 Å². The molecule has 0 unspecified atom stereocenters. The molecule has 1 fully saturated rings. The van der Waals surface area contributed by atoms with Gasteiger partial charge in [0, 0.05) is 11.8 Å². The normalized spacial score (nSPS) is 25.8. The summed E-state index contributed by atoms with van der Waals surface area (Å²) in [6, 6.07) is 0. The summed E-state index contributed by atoms with van der Waals surface area (Å²) in [5.41, 5.74) is 0. The average Bonchev–Trinajstić information content (AvgIpc) is 1.30. The molecule has 0 aromatic carbocycles. The second kappa shape index (κ2) is 1.19. The third-order valence-corrected chi connectivity index (χ3v) is 1.87. The van der Waals surface area contributed by atoms with Gasteiger partial charge in [0.2, 0.25) is 0 Å². The Morgan fingerprint density at radius 1 is 1.60 bits per heavy atom. The summed E-state index contributed by atoms with van der Waals surface area (Å²) in [5, 5.41) is 0. The predicted molar refractivity (Wildman–Crippen MR) is 25.1 cm³/mol. The van der Waals surface area contributed by atoms with E-state index < -0.39 is 0 Å². The fourth-order valence-electron chi connectivity index (χ4n) is 0.274. The largest absolute Gasteiger partial charge is 0.288 e. The standard InChI is InChI=1S/C3H7NS/c1-4-2-5-3-4/h2-3H2,1H3. The van der Waals surface area contributed by atoms with Gasteiger partial charge in [-0.2, -0.15) is 0 Å². The van der Waals surface area contributed by atoms with Gasteiger partial charge in [-0.25, -0.2) is 0 Å². The zero-order chi connectivity index (χ0) is 3.70. The second-order valence-corrected chi connectivity index (χ2v) is 2.24. The lowest BCUT2D eigenvalue weighted by molar-refractivity contribution is 0.431. The van der Waals surface area contributed by atoms with Crippen LogP contribution in [0.5, 0.6) is 0 Å². The monoisotopic (exact) mass is 89.0 g/mol. The van der Waals surface area contributed by atoms with Crippen LogP contribution in [0.15, 0.2) is 0 Å². The highest BCUT2D eigenvalue weighted by Gasteiger charge is 2.05. The molecule has 1 rings (SSSR count). The summed E-state index contributed by atoms with van der Waals surface area (Å²) in [6.45, 7) is 0. The van der Waals surface area contributed by atoms with Gasteiger partial charge in [0.1, 0.15) is 0 Å². The molecule has 0 spiro atoms. The summed E-state index contributed by atoms with van der Waals surface area (Å²) >= 11 is 1.97. The molecule has 1 saturated heterocycles. The molecule has 0 aliphatic carbocycles. The van der Waals surface area contributed by atoms with Gasteiger partial charge in [0.25, 0.3) is 0 Å². The quantitative estimate of drug-likeness (QED) is 0.427. The Morgan fingerprint density at radius 2 is 2.00 bits per heavy atom. The molecule has 2 heteroatoms. The first-order chi connectivity index (χ1) is 2.39. The van der Waals surface area contributed by atoms with Crippen molar-refractivity contribution >= 4 is 11.8 Å². The summed E-state index contributed by atoms with van der Waals surface area (Å²) in [7, 11) is 2.12. The molecule has 0 radical (unpaired) electrons. The average molecular weight is 89.2 g/mol. The summed E-state index contributed by atoms with van der Waals surface area (Å²) in [4.78, 5) is 2.27. The van der Waals surface area contributed by atoms with Crippen LogP contribution in [0.2, 0.25) is 0 Å². The molecule has 0 aromatic rings. The minimum atomic E-state index is 1.24. The smallest absolute Gasteiger partial charge is 0.0462 e. The van der Waals surface area contributed by atoms with E-state index in [1.54, 1.807) is 0 Å². The fourth-order valence-corrected chi connectivity index (χ4v) is 0.822. The molecule has 0 aromatic heterocycles. The molecule has 0 bridgehead atoms. The van der Waals surface area contributed by atoms with Crippen LogP contribution >= 0.6 is 11.8 Å². The van der Waals surface area contributed by atoms with Gasteiger partial charge in [-0.15, -0.1) is 11.8 Å². The van der Waals surface area contributed by atoms with Gasteiger partial charge in [0.15, 0.2) is 0 Å². The molecule has 30 valence electrons. The topological polar surface area (TPSA) is 3.24 Å². The van der Waals surface area contributed by atoms with Gasteiger partial charge < -0.3 is 0 Å². The van der Waals surface area contributed by atoms with Crippen molar-refractivity contribution in [3.05, 3.63) is 0 Å². The van der Waals surface area contributed by atoms with E-state index in [-0.39, 0.29) is 0 Å². The van der Waals surface area contributed by atoms with Crippen molar-refractivity contribution in [2.75, 3.05) is 18.8 Å². The Hall–Kier alpha value is 0.310. The zero-order valence-electron chi connectivity index (χ0n) is 3.27. The summed E-state index contributed by atoms with van der Waals surface area (Å²) in [5.74, 6) is 2.47. The van der Waals surface area contributed by atoms with Crippen LogP contribution < -0.4 is 0 Å². The molecule has 1 heterocycles. The first kappa shape index (κ1) is 3.50. The van der Waals surface area contributed by atoms with E-state index in [9.17, 15) is 0 Å². The predicted octanol–water partition coefficient (Wildman–Crippen LogP) is 0.580. The van der Waals surface area contributed by atoms with Crippen LogP contribution in [0.1, 0.15) is 0 Å². The van der Waals surface area contributed by atoms with Gasteiger partial charge in [0.05, 0.1) is 0 Å². The van der Waals surface area contributed by atoms with Crippen molar-refractivity contribution in [3.8, 4) is 0 Å². The lowest BCUT2D eigenvalue weighted by atomic mass is 11.0. The Balaban J connectivity index is 2.08. The molecule has 1 aliphatic rings. The second-order valence-electron chi connectivity index (χ2n) is 1.32. The molecule has 0 atom stereocenters. The summed E-state index contributed by atoms with van der Waals surface area (Å²) in [6.07, 6.45) is 0. The van der Waals surface area contributed by atoms with E-state index in [4.69, 9.17) is 0 Å². The number of nitrogens with zero attached hydrogens (tertiary/aromatic N) is 1. The molecule has 0 saturated carbocycles. The van der Waals surface area contributed by atoms with Crippen LogP contribution in [0.4, 0.5) is 0 Å². The van der Waals surface area contributed by atoms with Crippen LogP contribution in [0.3, 0.4) is 0 Å². The van der Waals surface area contributed by atoms with E-state index in [0.29, 0.717) is 0 Å². The lowest BCUT2D eigenvalue weighted by Gasteiger charge is -2.24. The molecular weight excluding hydrogens is 82.1 g/mol. The highest BCUT2D eigenvalue weighted by Crippen LogP contribution is 2.13. The van der Waals surface area contributed by atoms with Gasteiger partial charge in [-0.1, -0.05) is 0 Å². The summed E-state index contributed by atoms with van der Waals surface area (Å²) < 4.78 is 0. The molecule has 0 N–H and O–H groups in total. The van der Waals surface area contributed by atoms with Gasteiger partial charge in [-0.05, 0) is 7.05 Å². The van der Waals surface area contributed by atoms with E-state index in [2.05, 4.69) is 11.9 Å². The maximum absolute atomic E-state index is 2.27. The Morgan fingerprint density at radius 3 is 2.00 bits per heavy atom. The Kier molecular flexibility index (Phi) is 0.830. The van der Waals surface area contributed by atoms with Crippen LogP contribution in [0, 0.1) is 0 Å². The van der Waals surface area contributed by atoms with Crippen molar-refractivity contribution in [1.82, 2.24) is 4.90 Å². The molecule has 5 heavy (non-hydrogen) atoms. The maximum atomic E-state index is 2.27. The third kappa shape index (κ3) is 0.578. The Bertz CT molecular complexity index is 33.9. The SMILES string of the molecule is CN1CSC1. The first-order valence-electron chi connectivity index (χ1n) is 1.66. The minimum Gasteiger partial charge on any atom is -0.288 e. The lowest BCUT2D eigenvalue weighted by Crippen LogP contribution is -2.26. The van der Waals surface area contributed by atoms with E-state index in [1.807, 2.05) is 11.8 Å². The number of hydrogen-bond acceptors (Lipinski definition) is 2. The number of rotatable bonds is 0. The number of thioether (sulfide) groups is 1. The van der Waals surface area contributed by atoms with Crippen molar-refractivity contribution in [2.45, 2.75) is 0 Å². The fraction of sp³-hybridized carbons (Fsp3) is 1.00. The zero-order valence-corrected chi connectivity index (χ0v) is 4.09. The number of hydrogen-bond donors (Lipinski definition) is 0. The maximum Gasteiger partial charge on any atom is 0.0462 e.